The van der Waals surface area contributed by atoms with E-state index in [1.165, 1.54) is 31.4 Å². The number of nitrogens with zero attached hydrogens (tertiary/aromatic N) is 3. The second-order valence-electron chi connectivity index (χ2n) is 9.97. The number of benzene rings is 2. The average Bonchev–Trinajstić information content (AvgIpc) is 2.90. The molecule has 1 aliphatic rings. The first-order valence-corrected chi connectivity index (χ1v) is 14.8. The van der Waals surface area contributed by atoms with Gasteiger partial charge < -0.3 is 15.0 Å². The number of ether oxygens (including phenoxy) is 1. The van der Waals surface area contributed by atoms with Crippen LogP contribution in [0.3, 0.4) is 0 Å². The number of hydrogen-bond donors (Lipinski definition) is 1. The quantitative estimate of drug-likeness (QED) is 0.359. The van der Waals surface area contributed by atoms with Crippen molar-refractivity contribution in [1.82, 2.24) is 14.9 Å². The Labute approximate surface area is 229 Å². The Morgan fingerprint density at radius 2 is 1.74 bits per heavy atom. The molecule has 0 bridgehead atoms. The number of aryl methyl sites for hydroxylation is 2. The molecular formula is C28H34ClFN4O3S. The lowest BCUT2D eigenvalue weighted by Crippen LogP contribution is -2.36. The third-order valence-electron chi connectivity index (χ3n) is 7.12. The van der Waals surface area contributed by atoms with Crippen molar-refractivity contribution in [3.8, 4) is 5.75 Å². The first kappa shape index (κ1) is 28.3. The Balaban J connectivity index is 1.38. The minimum absolute atomic E-state index is 0.0247. The summed E-state index contributed by atoms with van der Waals surface area (Å²) >= 11 is 6.06. The molecule has 4 rings (SSSR count). The summed E-state index contributed by atoms with van der Waals surface area (Å²) in [6.45, 7) is 0. The van der Waals surface area contributed by atoms with Crippen molar-refractivity contribution < 1.29 is 17.5 Å². The number of halogens is 2. The summed E-state index contributed by atoms with van der Waals surface area (Å²) in [4.78, 5) is 11.2. The van der Waals surface area contributed by atoms with Gasteiger partial charge in [-0.05, 0) is 88.0 Å². The van der Waals surface area contributed by atoms with E-state index in [0.717, 1.165) is 31.2 Å². The molecule has 0 unspecified atom stereocenters. The average molecular weight is 561 g/mol. The summed E-state index contributed by atoms with van der Waals surface area (Å²) in [5.41, 5.74) is 1.59. The van der Waals surface area contributed by atoms with Crippen molar-refractivity contribution in [3.05, 3.63) is 76.3 Å². The molecule has 10 heteroatoms. The number of hydrogen-bond acceptors (Lipinski definition) is 7. The van der Waals surface area contributed by atoms with Crippen LogP contribution >= 0.6 is 11.6 Å². The van der Waals surface area contributed by atoms with Gasteiger partial charge in [-0.2, -0.15) is 0 Å². The van der Waals surface area contributed by atoms with E-state index in [-0.39, 0.29) is 15.5 Å². The maximum atomic E-state index is 15.0. The fraction of sp³-hybridized carbons (Fsp3) is 0.429. The van der Waals surface area contributed by atoms with Crippen LogP contribution in [0.1, 0.15) is 42.4 Å². The SMILES string of the molecule is COc1cc(CS(=O)(=O)c2ccccc2Cl)c(F)cc1CCc1cnc(NC2CCC(N(C)C)CC2)nc1. The Hall–Kier alpha value is -2.75. The van der Waals surface area contributed by atoms with Crippen molar-refractivity contribution in [2.75, 3.05) is 26.5 Å². The van der Waals surface area contributed by atoms with E-state index in [1.807, 2.05) is 0 Å². The molecule has 7 nitrogen and oxygen atoms in total. The number of nitrogens with one attached hydrogen (secondary N) is 1. The molecule has 38 heavy (non-hydrogen) atoms. The molecule has 1 aliphatic carbocycles. The van der Waals surface area contributed by atoms with Crippen LogP contribution in [0.2, 0.25) is 5.02 Å². The maximum Gasteiger partial charge on any atom is 0.222 e. The largest absolute Gasteiger partial charge is 0.496 e. The Morgan fingerprint density at radius 1 is 1.05 bits per heavy atom. The van der Waals surface area contributed by atoms with Gasteiger partial charge in [0.05, 0.1) is 22.8 Å². The molecule has 2 aromatic carbocycles. The van der Waals surface area contributed by atoms with E-state index in [0.29, 0.717) is 42.2 Å². The zero-order chi connectivity index (χ0) is 27.3. The fourth-order valence-corrected chi connectivity index (χ4v) is 6.79. The van der Waals surface area contributed by atoms with E-state index in [9.17, 15) is 12.8 Å². The van der Waals surface area contributed by atoms with Gasteiger partial charge in [0.15, 0.2) is 9.84 Å². The van der Waals surface area contributed by atoms with Gasteiger partial charge in [0, 0.05) is 30.0 Å². The molecule has 1 heterocycles. The van der Waals surface area contributed by atoms with Gasteiger partial charge >= 0.3 is 0 Å². The van der Waals surface area contributed by atoms with Crippen LogP contribution in [0.15, 0.2) is 53.7 Å². The second-order valence-corrected chi connectivity index (χ2v) is 12.3. The van der Waals surface area contributed by atoms with Gasteiger partial charge in [-0.1, -0.05) is 23.7 Å². The molecule has 1 saturated carbocycles. The van der Waals surface area contributed by atoms with Gasteiger partial charge in [0.25, 0.3) is 0 Å². The number of sulfone groups is 1. The summed E-state index contributed by atoms with van der Waals surface area (Å²) in [5, 5.41) is 3.55. The predicted octanol–water partition coefficient (Wildman–Crippen LogP) is 5.32. The number of aromatic nitrogens is 2. The summed E-state index contributed by atoms with van der Waals surface area (Å²) in [6.07, 6.45) is 9.15. The third kappa shape index (κ3) is 7.01. The van der Waals surface area contributed by atoms with Crippen LogP contribution in [0.4, 0.5) is 10.3 Å². The molecule has 1 N–H and O–H groups in total. The Kier molecular flexibility index (Phi) is 9.23. The van der Waals surface area contributed by atoms with Crippen molar-refractivity contribution in [3.63, 3.8) is 0 Å². The standard InChI is InChI=1S/C28H34ClFN4O3S/c1-34(2)23-12-10-22(11-13-23)33-28-31-16-19(17-32-28)8-9-20-14-25(30)21(15-26(20)37-3)18-38(35,36)27-7-5-4-6-24(27)29/h4-7,14-17,22-23H,8-13,18H2,1-3H3,(H,31,32,33). The summed E-state index contributed by atoms with van der Waals surface area (Å²) < 4.78 is 46.2. The van der Waals surface area contributed by atoms with Crippen molar-refractivity contribution >= 4 is 27.4 Å². The minimum Gasteiger partial charge on any atom is -0.496 e. The van der Waals surface area contributed by atoms with Crippen molar-refractivity contribution in [2.24, 2.45) is 0 Å². The molecule has 3 aromatic rings. The molecule has 0 aliphatic heterocycles. The van der Waals surface area contributed by atoms with Crippen LogP contribution in [-0.4, -0.2) is 56.6 Å². The van der Waals surface area contributed by atoms with Crippen LogP contribution in [0.5, 0.6) is 5.75 Å². The number of rotatable bonds is 10. The highest BCUT2D eigenvalue weighted by Crippen LogP contribution is 2.29. The highest BCUT2D eigenvalue weighted by Gasteiger charge is 2.23. The zero-order valence-corrected chi connectivity index (χ0v) is 23.5. The summed E-state index contributed by atoms with van der Waals surface area (Å²) in [7, 11) is 1.91. The van der Waals surface area contributed by atoms with E-state index in [2.05, 4.69) is 34.3 Å². The van der Waals surface area contributed by atoms with Gasteiger partial charge in [0.1, 0.15) is 11.6 Å². The number of methoxy groups -OCH3 is 1. The van der Waals surface area contributed by atoms with E-state index in [4.69, 9.17) is 16.3 Å². The molecular weight excluding hydrogens is 527 g/mol. The lowest BCUT2D eigenvalue weighted by atomic mass is 9.91. The van der Waals surface area contributed by atoms with Crippen molar-refractivity contribution in [1.29, 1.82) is 0 Å². The zero-order valence-electron chi connectivity index (χ0n) is 22.0. The van der Waals surface area contributed by atoms with Crippen molar-refractivity contribution in [2.45, 2.75) is 61.3 Å². The molecule has 204 valence electrons. The smallest absolute Gasteiger partial charge is 0.222 e. The molecule has 0 radical (unpaired) electrons. The first-order chi connectivity index (χ1) is 18.2. The van der Waals surface area contributed by atoms with Crippen LogP contribution in [-0.2, 0) is 28.4 Å². The normalized spacial score (nSPS) is 17.9. The summed E-state index contributed by atoms with van der Waals surface area (Å²) in [5.74, 6) is -0.0625. The minimum atomic E-state index is -3.83. The van der Waals surface area contributed by atoms with Gasteiger partial charge in [-0.25, -0.2) is 22.8 Å². The van der Waals surface area contributed by atoms with E-state index < -0.39 is 21.4 Å². The number of anilines is 1. The van der Waals surface area contributed by atoms with Gasteiger partial charge in [-0.15, -0.1) is 0 Å². The Bertz CT molecular complexity index is 1340. The summed E-state index contributed by atoms with van der Waals surface area (Å²) in [6, 6.07) is 9.96. The highest BCUT2D eigenvalue weighted by molar-refractivity contribution is 7.90. The lowest BCUT2D eigenvalue weighted by Gasteiger charge is -2.32. The highest BCUT2D eigenvalue weighted by atomic mass is 35.5. The van der Waals surface area contributed by atoms with E-state index >= 15 is 0 Å². The van der Waals surface area contributed by atoms with Gasteiger partial charge in [0.2, 0.25) is 5.95 Å². The topological polar surface area (TPSA) is 84.4 Å². The Morgan fingerprint density at radius 3 is 2.37 bits per heavy atom. The third-order valence-corrected chi connectivity index (χ3v) is 9.27. The van der Waals surface area contributed by atoms with Crippen LogP contribution in [0.25, 0.3) is 0 Å². The first-order valence-electron chi connectivity index (χ1n) is 12.7. The maximum absolute atomic E-state index is 15.0. The monoisotopic (exact) mass is 560 g/mol. The van der Waals surface area contributed by atoms with E-state index in [1.54, 1.807) is 24.5 Å². The molecule has 1 fully saturated rings. The fourth-order valence-electron chi connectivity index (χ4n) is 4.87. The van der Waals surface area contributed by atoms with Gasteiger partial charge in [-0.3, -0.25) is 0 Å². The molecule has 0 spiro atoms. The molecule has 0 amide bonds. The second kappa shape index (κ2) is 12.4. The predicted molar refractivity (Wildman–Crippen MR) is 148 cm³/mol. The van der Waals surface area contributed by atoms with Crippen LogP contribution < -0.4 is 10.1 Å². The molecule has 0 saturated heterocycles. The molecule has 1 aromatic heterocycles. The lowest BCUT2D eigenvalue weighted by molar-refractivity contribution is 0.221. The van der Waals surface area contributed by atoms with Crippen LogP contribution in [0, 0.1) is 5.82 Å². The molecule has 0 atom stereocenters.